The van der Waals surface area contributed by atoms with E-state index in [9.17, 15) is 15.0 Å². The summed E-state index contributed by atoms with van der Waals surface area (Å²) in [5.74, 6) is 2.20. The van der Waals surface area contributed by atoms with E-state index in [4.69, 9.17) is 4.74 Å². The van der Waals surface area contributed by atoms with Gasteiger partial charge in [-0.25, -0.2) is 4.79 Å². The van der Waals surface area contributed by atoms with Crippen LogP contribution in [-0.2, 0) is 4.74 Å². The van der Waals surface area contributed by atoms with E-state index >= 15 is 0 Å². The van der Waals surface area contributed by atoms with E-state index in [0.717, 1.165) is 44.4 Å². The van der Waals surface area contributed by atoms with Crippen LogP contribution in [0.15, 0.2) is 41.5 Å². The van der Waals surface area contributed by atoms with E-state index in [1.807, 2.05) is 30.3 Å². The number of carbonyl (C=O) groups excluding carboxylic acids is 1. The van der Waals surface area contributed by atoms with Gasteiger partial charge in [0.1, 0.15) is 6.10 Å². The number of fused-ring (bicyclic) bond motifs is 4. The van der Waals surface area contributed by atoms with E-state index in [1.54, 1.807) is 0 Å². The van der Waals surface area contributed by atoms with Gasteiger partial charge in [-0.05, 0) is 109 Å². The summed E-state index contributed by atoms with van der Waals surface area (Å²) in [6, 6.07) is 9.26. The Hall–Kier alpha value is -1.65. The zero-order valence-corrected chi connectivity index (χ0v) is 24.3. The number of esters is 1. The minimum Gasteiger partial charge on any atom is -0.459 e. The minimum absolute atomic E-state index is 0.00487. The third kappa shape index (κ3) is 4.89. The van der Waals surface area contributed by atoms with Gasteiger partial charge in [0.15, 0.2) is 0 Å². The third-order valence-corrected chi connectivity index (χ3v) is 11.4. The molecule has 4 heteroatoms. The number of carbonyl (C=O) groups is 1. The molecule has 0 spiro atoms. The Kier molecular flexibility index (Phi) is 7.88. The summed E-state index contributed by atoms with van der Waals surface area (Å²) in [5.41, 5.74) is 3.08. The lowest BCUT2D eigenvalue weighted by Gasteiger charge is -2.58. The van der Waals surface area contributed by atoms with Crippen LogP contribution in [0.25, 0.3) is 0 Å². The largest absolute Gasteiger partial charge is 0.459 e. The summed E-state index contributed by atoms with van der Waals surface area (Å²) in [4.78, 5) is 12.7. The normalized spacial score (nSPS) is 39.4. The van der Waals surface area contributed by atoms with Crippen LogP contribution in [0.5, 0.6) is 0 Å². The molecule has 210 valence electrons. The molecular formula is C34H50O4. The Balaban J connectivity index is 1.34. The first-order valence-corrected chi connectivity index (χ1v) is 15.4. The number of rotatable bonds is 7. The fourth-order valence-corrected chi connectivity index (χ4v) is 9.34. The van der Waals surface area contributed by atoms with Crippen molar-refractivity contribution in [2.24, 2.45) is 40.4 Å². The van der Waals surface area contributed by atoms with Gasteiger partial charge in [0.25, 0.3) is 0 Å². The molecule has 2 N–H and O–H groups in total. The molecule has 1 aromatic rings. The Morgan fingerprint density at radius 2 is 1.71 bits per heavy atom. The number of hydrogen-bond donors (Lipinski definition) is 2. The molecule has 4 nitrogen and oxygen atoms in total. The standard InChI is InChI=1S/C34H50O4/c1-21(2)10-9-11-22(3)27-20-29(36)31-30-26(15-17-34(27,31)5)33(4)16-14-25(18-24(33)19-28(30)35)38-32(37)23-12-7-6-8-13-23/h6-8,12-13,21-22,24-29,35-36H,9-11,14-20H2,1-5H3/t22-,24-,25+,26+,27-,28-,29+,33+,34-/m1/s1. The topological polar surface area (TPSA) is 66.8 Å². The van der Waals surface area contributed by atoms with Crippen molar-refractivity contribution in [3.8, 4) is 0 Å². The highest BCUT2D eigenvalue weighted by Gasteiger charge is 2.60. The van der Waals surface area contributed by atoms with Crippen LogP contribution in [-0.4, -0.2) is 34.5 Å². The van der Waals surface area contributed by atoms with Gasteiger partial charge in [-0.15, -0.1) is 0 Å². The molecule has 38 heavy (non-hydrogen) atoms. The average Bonchev–Trinajstić information content (AvgIpc) is 3.15. The predicted molar refractivity (Wildman–Crippen MR) is 152 cm³/mol. The maximum Gasteiger partial charge on any atom is 0.338 e. The van der Waals surface area contributed by atoms with E-state index < -0.39 is 12.2 Å². The van der Waals surface area contributed by atoms with Crippen molar-refractivity contribution < 1.29 is 19.7 Å². The Morgan fingerprint density at radius 3 is 2.42 bits per heavy atom. The van der Waals surface area contributed by atoms with Gasteiger partial charge in [0.05, 0.1) is 17.8 Å². The molecule has 1 aromatic carbocycles. The Morgan fingerprint density at radius 1 is 0.974 bits per heavy atom. The van der Waals surface area contributed by atoms with Crippen molar-refractivity contribution in [1.29, 1.82) is 0 Å². The van der Waals surface area contributed by atoms with Gasteiger partial charge in [-0.2, -0.15) is 0 Å². The van der Waals surface area contributed by atoms with E-state index in [0.29, 0.717) is 35.7 Å². The van der Waals surface area contributed by atoms with Crippen LogP contribution in [0, 0.1) is 40.4 Å². The number of ether oxygens (including phenoxy) is 1. The molecule has 0 aromatic heterocycles. The highest BCUT2D eigenvalue weighted by Crippen LogP contribution is 2.66. The van der Waals surface area contributed by atoms with Gasteiger partial charge in [0.2, 0.25) is 0 Å². The molecule has 3 fully saturated rings. The van der Waals surface area contributed by atoms with Gasteiger partial charge in [-0.3, -0.25) is 0 Å². The van der Waals surface area contributed by atoms with Gasteiger partial charge in [-0.1, -0.05) is 72.1 Å². The monoisotopic (exact) mass is 522 g/mol. The SMILES string of the molecule is CC(C)CCC[C@@H](C)[C@H]1C[C@H](O)C2=C3[C@H](O)C[C@H]4C[C@@H](OC(=O)c5ccccc5)CC[C@]4(C)[C@H]3CC[C@@]21C. The van der Waals surface area contributed by atoms with Crippen LogP contribution in [0.2, 0.25) is 0 Å². The molecule has 0 heterocycles. The lowest BCUT2D eigenvalue weighted by atomic mass is 9.48. The molecule has 5 rings (SSSR count). The summed E-state index contributed by atoms with van der Waals surface area (Å²) < 4.78 is 5.96. The molecule has 9 atom stereocenters. The quantitative estimate of drug-likeness (QED) is 0.290. The van der Waals surface area contributed by atoms with Gasteiger partial charge >= 0.3 is 5.97 Å². The van der Waals surface area contributed by atoms with Crippen LogP contribution >= 0.6 is 0 Å². The number of aliphatic hydroxyl groups is 2. The maximum atomic E-state index is 12.7. The second-order valence-corrected chi connectivity index (χ2v) is 14.2. The summed E-state index contributed by atoms with van der Waals surface area (Å²) in [6.45, 7) is 11.8. The van der Waals surface area contributed by atoms with Crippen LogP contribution in [0.1, 0.15) is 109 Å². The zero-order chi connectivity index (χ0) is 27.2. The highest BCUT2D eigenvalue weighted by atomic mass is 16.5. The fourth-order valence-electron chi connectivity index (χ4n) is 9.34. The Bertz CT molecular complexity index is 1030. The summed E-state index contributed by atoms with van der Waals surface area (Å²) in [5, 5.41) is 23.1. The molecule has 0 amide bonds. The molecular weight excluding hydrogens is 472 g/mol. The first kappa shape index (κ1) is 27.9. The lowest BCUT2D eigenvalue weighted by molar-refractivity contribution is -0.0731. The summed E-state index contributed by atoms with van der Waals surface area (Å²) in [6.07, 6.45) is 9.18. The van der Waals surface area contributed by atoms with Crippen molar-refractivity contribution in [3.63, 3.8) is 0 Å². The van der Waals surface area contributed by atoms with Crippen LogP contribution in [0.4, 0.5) is 0 Å². The van der Waals surface area contributed by atoms with Crippen LogP contribution < -0.4 is 0 Å². The molecule has 0 bridgehead atoms. The summed E-state index contributed by atoms with van der Waals surface area (Å²) >= 11 is 0. The lowest BCUT2D eigenvalue weighted by Crippen LogP contribution is -2.52. The molecule has 4 aliphatic rings. The smallest absolute Gasteiger partial charge is 0.338 e. The van der Waals surface area contributed by atoms with Crippen molar-refractivity contribution >= 4 is 5.97 Å². The molecule has 0 unspecified atom stereocenters. The van der Waals surface area contributed by atoms with E-state index in [2.05, 4.69) is 34.6 Å². The van der Waals surface area contributed by atoms with Crippen molar-refractivity contribution in [1.82, 2.24) is 0 Å². The molecule has 3 saturated carbocycles. The van der Waals surface area contributed by atoms with Crippen LogP contribution in [0.3, 0.4) is 0 Å². The first-order chi connectivity index (χ1) is 18.0. The van der Waals surface area contributed by atoms with Gasteiger partial charge in [0, 0.05) is 0 Å². The molecule has 0 saturated heterocycles. The number of benzene rings is 1. The zero-order valence-electron chi connectivity index (χ0n) is 24.3. The number of aliphatic hydroxyl groups excluding tert-OH is 2. The van der Waals surface area contributed by atoms with Crippen molar-refractivity contribution in [3.05, 3.63) is 47.0 Å². The second-order valence-electron chi connectivity index (χ2n) is 14.2. The molecule has 0 aliphatic heterocycles. The first-order valence-electron chi connectivity index (χ1n) is 15.4. The van der Waals surface area contributed by atoms with E-state index in [1.165, 1.54) is 30.4 Å². The highest BCUT2D eigenvalue weighted by molar-refractivity contribution is 5.89. The van der Waals surface area contributed by atoms with Crippen molar-refractivity contribution in [2.75, 3.05) is 0 Å². The average molecular weight is 523 g/mol. The van der Waals surface area contributed by atoms with E-state index in [-0.39, 0.29) is 22.9 Å². The molecule has 0 radical (unpaired) electrons. The second kappa shape index (κ2) is 10.7. The molecule has 4 aliphatic carbocycles. The minimum atomic E-state index is -0.499. The number of hydrogen-bond acceptors (Lipinski definition) is 4. The fraction of sp³-hybridized carbons (Fsp3) is 0.735. The predicted octanol–water partition coefficient (Wildman–Crippen LogP) is 7.34. The summed E-state index contributed by atoms with van der Waals surface area (Å²) in [7, 11) is 0. The maximum absolute atomic E-state index is 12.7. The third-order valence-electron chi connectivity index (χ3n) is 11.4. The Labute approximate surface area is 230 Å². The van der Waals surface area contributed by atoms with Crippen molar-refractivity contribution in [2.45, 2.75) is 117 Å². The van der Waals surface area contributed by atoms with Gasteiger partial charge < -0.3 is 14.9 Å².